The lowest BCUT2D eigenvalue weighted by molar-refractivity contribution is -0.104. The molecule has 0 aromatic carbocycles. The Kier molecular flexibility index (Phi) is 2.33. The molecule has 0 aliphatic heterocycles. The van der Waals surface area contributed by atoms with Gasteiger partial charge in [-0.25, -0.2) is 0 Å². The summed E-state index contributed by atoms with van der Waals surface area (Å²) in [6.45, 7) is 9.16. The minimum absolute atomic E-state index is 0.456. The van der Waals surface area contributed by atoms with Crippen LogP contribution in [0, 0.1) is 22.7 Å². The van der Waals surface area contributed by atoms with Crippen LogP contribution in [-0.4, -0.2) is 6.29 Å². The molecule has 3 unspecified atom stereocenters. The lowest BCUT2D eigenvalue weighted by atomic mass is 9.70. The van der Waals surface area contributed by atoms with Crippen LogP contribution in [0.2, 0.25) is 0 Å². The summed E-state index contributed by atoms with van der Waals surface area (Å²) in [6.07, 6.45) is 6.96. The van der Waals surface area contributed by atoms with Crippen molar-refractivity contribution in [2.45, 2.75) is 47.0 Å². The molecule has 0 saturated heterocycles. The number of allylic oxidation sites excluding steroid dienone is 2. The molecule has 2 aliphatic rings. The second-order valence-corrected chi connectivity index (χ2v) is 6.27. The summed E-state index contributed by atoms with van der Waals surface area (Å²) in [5.41, 5.74) is 1.94. The number of hydrogen-bond donors (Lipinski definition) is 0. The molecule has 0 N–H and O–H groups in total. The predicted octanol–water partition coefficient (Wildman–Crippen LogP) is 3.59. The van der Waals surface area contributed by atoms with E-state index in [1.807, 2.05) is 6.92 Å². The molecule has 3 atom stereocenters. The van der Waals surface area contributed by atoms with Gasteiger partial charge in [0, 0.05) is 0 Å². The largest absolute Gasteiger partial charge is 0.298 e. The molecular weight excluding hydrogens is 184 g/mol. The molecule has 0 amide bonds. The van der Waals surface area contributed by atoms with Crippen molar-refractivity contribution in [2.75, 3.05) is 0 Å². The van der Waals surface area contributed by atoms with Crippen molar-refractivity contribution in [3.63, 3.8) is 0 Å². The maximum Gasteiger partial charge on any atom is 0.145 e. The highest BCUT2D eigenvalue weighted by Crippen LogP contribution is 2.74. The Bertz CT molecular complexity index is 313. The molecule has 0 bridgehead atoms. The maximum absolute atomic E-state index is 10.5. The molecule has 2 aliphatic carbocycles. The summed E-state index contributed by atoms with van der Waals surface area (Å²) in [6, 6.07) is 0. The Hall–Kier alpha value is -0.590. The monoisotopic (exact) mass is 206 g/mol. The standard InChI is InChI=1S/C14H22O/c1-10(9-15)5-6-11-7-12-8-14(12,4)13(11,2)3/h5,9,11-12H,6-8H2,1-4H3/b10-5+. The van der Waals surface area contributed by atoms with Crippen molar-refractivity contribution in [2.24, 2.45) is 22.7 Å². The van der Waals surface area contributed by atoms with Gasteiger partial charge in [0.25, 0.3) is 0 Å². The molecule has 0 radical (unpaired) electrons. The van der Waals surface area contributed by atoms with E-state index in [1.54, 1.807) is 0 Å². The molecule has 1 heteroatoms. The molecule has 2 fully saturated rings. The SMILES string of the molecule is C/C(C=O)=C\CC1CC2CC2(C)C1(C)C. The second-order valence-electron chi connectivity index (χ2n) is 6.27. The molecule has 0 heterocycles. The van der Waals surface area contributed by atoms with Gasteiger partial charge in [0.1, 0.15) is 6.29 Å². The van der Waals surface area contributed by atoms with Crippen molar-refractivity contribution in [1.29, 1.82) is 0 Å². The fourth-order valence-corrected chi connectivity index (χ4v) is 3.46. The highest BCUT2D eigenvalue weighted by atomic mass is 16.1. The van der Waals surface area contributed by atoms with Crippen LogP contribution in [0.4, 0.5) is 0 Å². The second kappa shape index (κ2) is 3.20. The molecule has 0 aromatic rings. The number of carbonyl (C=O) groups excluding carboxylic acids is 1. The predicted molar refractivity (Wildman–Crippen MR) is 62.5 cm³/mol. The van der Waals surface area contributed by atoms with Crippen LogP contribution in [0.15, 0.2) is 11.6 Å². The first-order valence-electron chi connectivity index (χ1n) is 6.04. The van der Waals surface area contributed by atoms with Crippen LogP contribution < -0.4 is 0 Å². The van der Waals surface area contributed by atoms with Crippen LogP contribution in [0.25, 0.3) is 0 Å². The fraction of sp³-hybridized carbons (Fsp3) is 0.786. The van der Waals surface area contributed by atoms with E-state index in [4.69, 9.17) is 0 Å². The molecule has 84 valence electrons. The number of carbonyl (C=O) groups is 1. The number of fused-ring (bicyclic) bond motifs is 1. The summed E-state index contributed by atoms with van der Waals surface area (Å²) in [5.74, 6) is 1.73. The Morgan fingerprint density at radius 2 is 2.07 bits per heavy atom. The zero-order valence-corrected chi connectivity index (χ0v) is 10.3. The van der Waals surface area contributed by atoms with E-state index in [1.165, 1.54) is 12.8 Å². The highest BCUT2D eigenvalue weighted by Gasteiger charge is 2.66. The summed E-state index contributed by atoms with van der Waals surface area (Å²) in [5, 5.41) is 0. The van der Waals surface area contributed by atoms with E-state index in [0.717, 1.165) is 30.1 Å². The van der Waals surface area contributed by atoms with Crippen LogP contribution in [0.3, 0.4) is 0 Å². The Balaban J connectivity index is 2.04. The van der Waals surface area contributed by atoms with Gasteiger partial charge in [0.05, 0.1) is 0 Å². The van der Waals surface area contributed by atoms with E-state index < -0.39 is 0 Å². The molecule has 0 aromatic heterocycles. The number of aldehydes is 1. The summed E-state index contributed by atoms with van der Waals surface area (Å²) in [4.78, 5) is 10.5. The van der Waals surface area contributed by atoms with Crippen molar-refractivity contribution in [1.82, 2.24) is 0 Å². The average molecular weight is 206 g/mol. The fourth-order valence-electron chi connectivity index (χ4n) is 3.46. The smallest absolute Gasteiger partial charge is 0.145 e. The minimum atomic E-state index is 0.456. The third kappa shape index (κ3) is 1.47. The normalized spacial score (nSPS) is 42.5. The van der Waals surface area contributed by atoms with Crippen LogP contribution in [-0.2, 0) is 4.79 Å². The van der Waals surface area contributed by atoms with E-state index in [2.05, 4.69) is 26.8 Å². The first-order chi connectivity index (χ1) is 6.91. The van der Waals surface area contributed by atoms with Crippen LogP contribution >= 0.6 is 0 Å². The molecule has 1 nitrogen and oxygen atoms in total. The quantitative estimate of drug-likeness (QED) is 0.509. The molecule has 15 heavy (non-hydrogen) atoms. The van der Waals surface area contributed by atoms with Gasteiger partial charge in [0.15, 0.2) is 0 Å². The third-order valence-corrected chi connectivity index (χ3v) is 5.38. The minimum Gasteiger partial charge on any atom is -0.298 e. The zero-order valence-electron chi connectivity index (χ0n) is 10.3. The average Bonchev–Trinajstić information content (AvgIpc) is 2.80. The van der Waals surface area contributed by atoms with Gasteiger partial charge in [-0.1, -0.05) is 26.8 Å². The topological polar surface area (TPSA) is 17.1 Å². The van der Waals surface area contributed by atoms with E-state index in [-0.39, 0.29) is 0 Å². The first kappa shape index (κ1) is 10.9. The first-order valence-corrected chi connectivity index (χ1v) is 6.04. The zero-order chi connectivity index (χ0) is 11.3. The van der Waals surface area contributed by atoms with Gasteiger partial charge in [-0.05, 0) is 54.4 Å². The lowest BCUT2D eigenvalue weighted by Crippen LogP contribution is -2.27. The highest BCUT2D eigenvalue weighted by molar-refractivity contribution is 5.71. The Labute approximate surface area is 92.9 Å². The third-order valence-electron chi connectivity index (χ3n) is 5.38. The molecule has 0 spiro atoms. The van der Waals surface area contributed by atoms with E-state index in [0.29, 0.717) is 10.8 Å². The van der Waals surface area contributed by atoms with Gasteiger partial charge in [-0.3, -0.25) is 4.79 Å². The van der Waals surface area contributed by atoms with Crippen molar-refractivity contribution in [3.05, 3.63) is 11.6 Å². The van der Waals surface area contributed by atoms with Gasteiger partial charge < -0.3 is 0 Å². The van der Waals surface area contributed by atoms with Gasteiger partial charge in [-0.15, -0.1) is 0 Å². The number of rotatable bonds is 3. The van der Waals surface area contributed by atoms with E-state index >= 15 is 0 Å². The van der Waals surface area contributed by atoms with Crippen LogP contribution in [0.1, 0.15) is 47.0 Å². The summed E-state index contributed by atoms with van der Waals surface area (Å²) in [7, 11) is 0. The van der Waals surface area contributed by atoms with Crippen molar-refractivity contribution < 1.29 is 4.79 Å². The van der Waals surface area contributed by atoms with Gasteiger partial charge in [-0.2, -0.15) is 0 Å². The Morgan fingerprint density at radius 1 is 1.40 bits per heavy atom. The number of hydrogen-bond acceptors (Lipinski definition) is 1. The molecule has 2 rings (SSSR count). The Morgan fingerprint density at radius 3 is 2.53 bits per heavy atom. The van der Waals surface area contributed by atoms with E-state index in [9.17, 15) is 4.79 Å². The van der Waals surface area contributed by atoms with Crippen molar-refractivity contribution >= 4 is 6.29 Å². The van der Waals surface area contributed by atoms with Gasteiger partial charge in [0.2, 0.25) is 0 Å². The molecule has 2 saturated carbocycles. The summed E-state index contributed by atoms with van der Waals surface area (Å²) < 4.78 is 0. The lowest BCUT2D eigenvalue weighted by Gasteiger charge is -2.35. The summed E-state index contributed by atoms with van der Waals surface area (Å²) >= 11 is 0. The van der Waals surface area contributed by atoms with Gasteiger partial charge >= 0.3 is 0 Å². The maximum atomic E-state index is 10.5. The van der Waals surface area contributed by atoms with Crippen molar-refractivity contribution in [3.8, 4) is 0 Å². The molecular formula is C14H22O. The van der Waals surface area contributed by atoms with Crippen LogP contribution in [0.5, 0.6) is 0 Å².